The Morgan fingerprint density at radius 1 is 1.50 bits per heavy atom. The molecular weight excluding hydrogens is 320 g/mol. The average molecular weight is 338 g/mol. The van der Waals surface area contributed by atoms with Crippen molar-refractivity contribution < 1.29 is 16.8 Å². The molecule has 0 amide bonds. The zero-order chi connectivity index (χ0) is 15.0. The molecular formula is C11H18N2O4S3. The second kappa shape index (κ2) is 5.72. The van der Waals surface area contributed by atoms with Crippen LogP contribution in [0, 0.1) is 12.8 Å². The summed E-state index contributed by atoms with van der Waals surface area (Å²) in [5.41, 5.74) is 5.51. The Morgan fingerprint density at radius 3 is 2.70 bits per heavy atom. The van der Waals surface area contributed by atoms with Crippen LogP contribution in [0.2, 0.25) is 0 Å². The van der Waals surface area contributed by atoms with E-state index in [2.05, 4.69) is 4.72 Å². The van der Waals surface area contributed by atoms with Crippen LogP contribution in [0.4, 0.5) is 0 Å². The molecule has 1 saturated heterocycles. The maximum Gasteiger partial charge on any atom is 0.241 e. The quantitative estimate of drug-likeness (QED) is 0.799. The van der Waals surface area contributed by atoms with Crippen LogP contribution >= 0.6 is 11.3 Å². The third kappa shape index (κ3) is 3.59. The monoisotopic (exact) mass is 338 g/mol. The summed E-state index contributed by atoms with van der Waals surface area (Å²) in [5, 5.41) is 0. The van der Waals surface area contributed by atoms with E-state index in [1.54, 1.807) is 13.0 Å². The first-order valence-electron chi connectivity index (χ1n) is 6.23. The van der Waals surface area contributed by atoms with Crippen molar-refractivity contribution >= 4 is 31.2 Å². The molecule has 0 saturated carbocycles. The third-order valence-electron chi connectivity index (χ3n) is 3.30. The molecule has 0 aromatic carbocycles. The van der Waals surface area contributed by atoms with E-state index in [-0.39, 0.29) is 28.9 Å². The predicted molar refractivity (Wildman–Crippen MR) is 78.9 cm³/mol. The smallest absolute Gasteiger partial charge is 0.241 e. The zero-order valence-corrected chi connectivity index (χ0v) is 13.6. The molecule has 1 aliphatic rings. The molecule has 6 nitrogen and oxygen atoms in total. The van der Waals surface area contributed by atoms with E-state index in [1.807, 2.05) is 0 Å². The first-order valence-corrected chi connectivity index (χ1v) is 10.3. The van der Waals surface area contributed by atoms with Gasteiger partial charge in [-0.05, 0) is 25.3 Å². The van der Waals surface area contributed by atoms with Crippen molar-refractivity contribution in [2.75, 3.05) is 18.1 Å². The Morgan fingerprint density at radius 2 is 2.20 bits per heavy atom. The van der Waals surface area contributed by atoms with Crippen LogP contribution in [0.25, 0.3) is 0 Å². The Labute approximate surface area is 123 Å². The molecule has 0 radical (unpaired) electrons. The summed E-state index contributed by atoms with van der Waals surface area (Å²) in [6, 6.07) is 1.58. The van der Waals surface area contributed by atoms with E-state index in [0.29, 0.717) is 17.8 Å². The molecule has 1 aliphatic heterocycles. The van der Waals surface area contributed by atoms with Gasteiger partial charge >= 0.3 is 0 Å². The van der Waals surface area contributed by atoms with Gasteiger partial charge in [-0.1, -0.05) is 0 Å². The highest BCUT2D eigenvalue weighted by Gasteiger charge is 2.29. The molecule has 0 bridgehead atoms. The molecule has 1 fully saturated rings. The maximum atomic E-state index is 12.2. The number of thiophene rings is 1. The minimum atomic E-state index is -3.59. The van der Waals surface area contributed by atoms with Gasteiger partial charge in [-0.15, -0.1) is 11.3 Å². The van der Waals surface area contributed by atoms with Crippen molar-refractivity contribution in [2.45, 2.75) is 24.8 Å². The maximum absolute atomic E-state index is 12.2. The van der Waals surface area contributed by atoms with Crippen molar-refractivity contribution in [3.05, 3.63) is 15.8 Å². The number of hydrogen-bond acceptors (Lipinski definition) is 6. The lowest BCUT2D eigenvalue weighted by Gasteiger charge is -2.10. The Balaban J connectivity index is 2.06. The molecule has 1 aromatic rings. The number of rotatable bonds is 5. The minimum Gasteiger partial charge on any atom is -0.326 e. The van der Waals surface area contributed by atoms with Crippen molar-refractivity contribution in [3.8, 4) is 0 Å². The van der Waals surface area contributed by atoms with Gasteiger partial charge in [0.15, 0.2) is 9.84 Å². The fourth-order valence-electron chi connectivity index (χ4n) is 2.23. The van der Waals surface area contributed by atoms with E-state index in [0.717, 1.165) is 4.88 Å². The molecule has 114 valence electrons. The van der Waals surface area contributed by atoms with Crippen molar-refractivity contribution in [2.24, 2.45) is 11.7 Å². The molecule has 2 heterocycles. The summed E-state index contributed by atoms with van der Waals surface area (Å²) in [7, 11) is -6.58. The van der Waals surface area contributed by atoms with E-state index in [9.17, 15) is 16.8 Å². The van der Waals surface area contributed by atoms with Crippen LogP contribution in [0.15, 0.2) is 11.0 Å². The van der Waals surface area contributed by atoms with Gasteiger partial charge in [0.2, 0.25) is 10.0 Å². The summed E-state index contributed by atoms with van der Waals surface area (Å²) in [4.78, 5) is 1.74. The minimum absolute atomic E-state index is 0.0617. The van der Waals surface area contributed by atoms with Gasteiger partial charge in [-0.25, -0.2) is 21.6 Å². The molecule has 2 rings (SSSR count). The molecule has 9 heteroatoms. The van der Waals surface area contributed by atoms with Crippen LogP contribution in [-0.2, 0) is 26.4 Å². The fraction of sp³-hybridized carbons (Fsp3) is 0.636. The van der Waals surface area contributed by atoms with Crippen molar-refractivity contribution in [1.29, 1.82) is 0 Å². The van der Waals surface area contributed by atoms with Gasteiger partial charge in [-0.3, -0.25) is 0 Å². The van der Waals surface area contributed by atoms with Crippen LogP contribution in [0.3, 0.4) is 0 Å². The summed E-state index contributed by atoms with van der Waals surface area (Å²) >= 11 is 1.36. The molecule has 3 N–H and O–H groups in total. The molecule has 0 spiro atoms. The number of nitrogens with one attached hydrogen (secondary N) is 1. The number of sulfonamides is 1. The summed E-state index contributed by atoms with van der Waals surface area (Å²) in [6.07, 6.45) is 0.515. The van der Waals surface area contributed by atoms with E-state index >= 15 is 0 Å². The lowest BCUT2D eigenvalue weighted by atomic mass is 10.1. The fourth-order valence-corrected chi connectivity index (χ4v) is 6.72. The van der Waals surface area contributed by atoms with Gasteiger partial charge in [0, 0.05) is 22.8 Å². The number of nitrogens with two attached hydrogens (primary N) is 1. The van der Waals surface area contributed by atoms with E-state index in [4.69, 9.17) is 5.73 Å². The van der Waals surface area contributed by atoms with Gasteiger partial charge in [0.1, 0.15) is 0 Å². The number of sulfone groups is 1. The third-order valence-corrected chi connectivity index (χ3v) is 7.89. The topological polar surface area (TPSA) is 106 Å². The highest BCUT2D eigenvalue weighted by molar-refractivity contribution is 7.91. The largest absolute Gasteiger partial charge is 0.326 e. The second-order valence-electron chi connectivity index (χ2n) is 4.96. The second-order valence-corrected chi connectivity index (χ2v) is 10.3. The van der Waals surface area contributed by atoms with Gasteiger partial charge < -0.3 is 5.73 Å². The molecule has 1 unspecified atom stereocenters. The normalized spacial score (nSPS) is 22.2. The highest BCUT2D eigenvalue weighted by atomic mass is 32.2. The SMILES string of the molecule is Cc1sc(CN)cc1S(=O)(=O)NCC1CCS(=O)(=O)C1. The van der Waals surface area contributed by atoms with Crippen LogP contribution in [0.5, 0.6) is 0 Å². The Kier molecular flexibility index (Phi) is 4.55. The van der Waals surface area contributed by atoms with Crippen molar-refractivity contribution in [1.82, 2.24) is 4.72 Å². The summed E-state index contributed by atoms with van der Waals surface area (Å²) in [5.74, 6) is 0.0723. The zero-order valence-electron chi connectivity index (χ0n) is 11.1. The first kappa shape index (κ1) is 15.9. The summed E-state index contributed by atoms with van der Waals surface area (Å²) in [6.45, 7) is 2.20. The van der Waals surface area contributed by atoms with Crippen LogP contribution in [0.1, 0.15) is 16.2 Å². The van der Waals surface area contributed by atoms with Gasteiger partial charge in [0.05, 0.1) is 16.4 Å². The molecule has 20 heavy (non-hydrogen) atoms. The number of aryl methyl sites for hydroxylation is 1. The Hall–Kier alpha value is -0.480. The molecule has 1 atom stereocenters. The van der Waals surface area contributed by atoms with E-state index < -0.39 is 19.9 Å². The Bertz CT molecular complexity index is 691. The molecule has 0 aliphatic carbocycles. The standard InChI is InChI=1S/C11H18N2O4S3/c1-8-11(4-10(5-12)18-8)20(16,17)13-6-9-2-3-19(14,15)7-9/h4,9,13H,2-3,5-7,12H2,1H3. The van der Waals surface area contributed by atoms with Gasteiger partial charge in [-0.2, -0.15) is 0 Å². The lowest BCUT2D eigenvalue weighted by Crippen LogP contribution is -2.30. The molecule has 1 aromatic heterocycles. The highest BCUT2D eigenvalue weighted by Crippen LogP contribution is 2.26. The van der Waals surface area contributed by atoms with E-state index in [1.165, 1.54) is 11.3 Å². The van der Waals surface area contributed by atoms with Crippen LogP contribution < -0.4 is 10.5 Å². The average Bonchev–Trinajstić information content (AvgIpc) is 2.90. The summed E-state index contributed by atoms with van der Waals surface area (Å²) < 4.78 is 49.6. The van der Waals surface area contributed by atoms with Crippen LogP contribution in [-0.4, -0.2) is 34.9 Å². The van der Waals surface area contributed by atoms with Crippen molar-refractivity contribution in [3.63, 3.8) is 0 Å². The number of hydrogen-bond donors (Lipinski definition) is 2. The first-order chi connectivity index (χ1) is 9.23. The predicted octanol–water partition coefficient (Wildman–Crippen LogP) is 0.228. The lowest BCUT2D eigenvalue weighted by molar-refractivity contribution is 0.543. The van der Waals surface area contributed by atoms with Gasteiger partial charge in [0.25, 0.3) is 0 Å².